The van der Waals surface area contributed by atoms with Crippen LogP contribution in [0.15, 0.2) is 30.3 Å². The van der Waals surface area contributed by atoms with E-state index >= 15 is 0 Å². The summed E-state index contributed by atoms with van der Waals surface area (Å²) in [5.74, 6) is 0.187. The lowest BCUT2D eigenvalue weighted by molar-refractivity contribution is -0.133. The zero-order chi connectivity index (χ0) is 13.9. The second kappa shape index (κ2) is 7.09. The monoisotopic (exact) mass is 296 g/mol. The van der Waals surface area contributed by atoms with Crippen LogP contribution in [0.4, 0.5) is 0 Å². The first-order valence-electron chi connectivity index (χ1n) is 7.06. The SMILES string of the molecule is CC1(C)CCN(C(=O)CC(N)c2ccccc2)CC1.Cl. The zero-order valence-electron chi connectivity index (χ0n) is 12.3. The molecule has 2 rings (SSSR count). The number of halogens is 1. The smallest absolute Gasteiger partial charge is 0.224 e. The number of amides is 1. The summed E-state index contributed by atoms with van der Waals surface area (Å²) in [7, 11) is 0. The number of likely N-dealkylation sites (tertiary alicyclic amines) is 1. The van der Waals surface area contributed by atoms with Gasteiger partial charge in [-0.1, -0.05) is 44.2 Å². The summed E-state index contributed by atoms with van der Waals surface area (Å²) in [6, 6.07) is 9.66. The number of nitrogens with zero attached hydrogens (tertiary/aromatic N) is 1. The average Bonchev–Trinajstić information content (AvgIpc) is 2.39. The first-order chi connectivity index (χ1) is 8.98. The Labute approximate surface area is 127 Å². The first-order valence-corrected chi connectivity index (χ1v) is 7.06. The van der Waals surface area contributed by atoms with Crippen LogP contribution in [-0.4, -0.2) is 23.9 Å². The van der Waals surface area contributed by atoms with Gasteiger partial charge in [0, 0.05) is 25.6 Å². The Morgan fingerprint density at radius 3 is 2.35 bits per heavy atom. The molecule has 0 radical (unpaired) electrons. The highest BCUT2D eigenvalue weighted by molar-refractivity contribution is 5.85. The molecule has 1 heterocycles. The molecule has 0 saturated carbocycles. The molecule has 1 aromatic rings. The maximum absolute atomic E-state index is 12.2. The Morgan fingerprint density at radius 2 is 1.80 bits per heavy atom. The van der Waals surface area contributed by atoms with Crippen LogP contribution >= 0.6 is 12.4 Å². The number of carbonyl (C=O) groups is 1. The van der Waals surface area contributed by atoms with Crippen molar-refractivity contribution < 1.29 is 4.79 Å². The number of rotatable bonds is 3. The van der Waals surface area contributed by atoms with Crippen LogP contribution in [-0.2, 0) is 4.79 Å². The molecule has 112 valence electrons. The van der Waals surface area contributed by atoms with E-state index in [0.29, 0.717) is 11.8 Å². The van der Waals surface area contributed by atoms with Crippen molar-refractivity contribution in [2.45, 2.75) is 39.2 Å². The minimum atomic E-state index is -0.191. The van der Waals surface area contributed by atoms with Crippen molar-refractivity contribution in [2.75, 3.05) is 13.1 Å². The van der Waals surface area contributed by atoms with E-state index in [4.69, 9.17) is 5.73 Å². The van der Waals surface area contributed by atoms with Gasteiger partial charge in [0.1, 0.15) is 0 Å². The molecule has 3 nitrogen and oxygen atoms in total. The van der Waals surface area contributed by atoms with Gasteiger partial charge in [0.25, 0.3) is 0 Å². The average molecular weight is 297 g/mol. The van der Waals surface area contributed by atoms with Crippen LogP contribution in [0.2, 0.25) is 0 Å². The molecule has 1 unspecified atom stereocenters. The van der Waals surface area contributed by atoms with Gasteiger partial charge in [0.05, 0.1) is 0 Å². The van der Waals surface area contributed by atoms with Crippen LogP contribution in [0.3, 0.4) is 0 Å². The van der Waals surface area contributed by atoms with Crippen LogP contribution in [0.5, 0.6) is 0 Å². The Bertz CT molecular complexity index is 423. The predicted octanol–water partition coefficient (Wildman–Crippen LogP) is 3.15. The molecule has 0 bridgehead atoms. The minimum absolute atomic E-state index is 0. The van der Waals surface area contributed by atoms with Crippen LogP contribution < -0.4 is 5.73 Å². The van der Waals surface area contributed by atoms with Crippen LogP contribution in [0.25, 0.3) is 0 Å². The van der Waals surface area contributed by atoms with Gasteiger partial charge in [-0.25, -0.2) is 0 Å². The van der Waals surface area contributed by atoms with Crippen molar-refractivity contribution in [2.24, 2.45) is 11.1 Å². The fourth-order valence-corrected chi connectivity index (χ4v) is 2.50. The van der Waals surface area contributed by atoms with E-state index < -0.39 is 0 Å². The molecule has 1 aromatic carbocycles. The van der Waals surface area contributed by atoms with E-state index in [0.717, 1.165) is 31.5 Å². The fraction of sp³-hybridized carbons (Fsp3) is 0.562. The second-order valence-electron chi connectivity index (χ2n) is 6.27. The molecule has 4 heteroatoms. The van der Waals surface area contributed by atoms with Crippen molar-refractivity contribution in [1.82, 2.24) is 4.90 Å². The molecule has 1 amide bonds. The fourth-order valence-electron chi connectivity index (χ4n) is 2.50. The summed E-state index contributed by atoms with van der Waals surface area (Å²) < 4.78 is 0. The lowest BCUT2D eigenvalue weighted by Gasteiger charge is -2.37. The first kappa shape index (κ1) is 17.0. The highest BCUT2D eigenvalue weighted by Gasteiger charge is 2.28. The van der Waals surface area contributed by atoms with Crippen molar-refractivity contribution in [1.29, 1.82) is 0 Å². The molecule has 20 heavy (non-hydrogen) atoms. The van der Waals surface area contributed by atoms with E-state index in [2.05, 4.69) is 13.8 Å². The largest absolute Gasteiger partial charge is 0.343 e. The van der Waals surface area contributed by atoms with Crippen molar-refractivity contribution in [3.8, 4) is 0 Å². The summed E-state index contributed by atoms with van der Waals surface area (Å²) in [4.78, 5) is 14.2. The molecule has 1 fully saturated rings. The number of hydrogen-bond acceptors (Lipinski definition) is 2. The molecule has 1 atom stereocenters. The molecule has 2 N–H and O–H groups in total. The second-order valence-corrected chi connectivity index (χ2v) is 6.27. The van der Waals surface area contributed by atoms with E-state index in [9.17, 15) is 4.79 Å². The lowest BCUT2D eigenvalue weighted by atomic mass is 9.82. The Morgan fingerprint density at radius 1 is 1.25 bits per heavy atom. The lowest BCUT2D eigenvalue weighted by Crippen LogP contribution is -2.42. The van der Waals surface area contributed by atoms with Gasteiger partial charge < -0.3 is 10.6 Å². The summed E-state index contributed by atoms with van der Waals surface area (Å²) in [6.07, 6.45) is 2.57. The maximum Gasteiger partial charge on any atom is 0.224 e. The normalized spacial score (nSPS) is 19.1. The van der Waals surface area contributed by atoms with Gasteiger partial charge in [0.2, 0.25) is 5.91 Å². The molecular weight excluding hydrogens is 272 g/mol. The van der Waals surface area contributed by atoms with E-state index in [1.807, 2.05) is 35.2 Å². The van der Waals surface area contributed by atoms with Gasteiger partial charge in [-0.05, 0) is 23.8 Å². The van der Waals surface area contributed by atoms with Crippen molar-refractivity contribution >= 4 is 18.3 Å². The number of benzene rings is 1. The molecule has 0 aliphatic carbocycles. The number of hydrogen-bond donors (Lipinski definition) is 1. The van der Waals surface area contributed by atoms with Crippen LogP contribution in [0, 0.1) is 5.41 Å². The van der Waals surface area contributed by atoms with Gasteiger partial charge >= 0.3 is 0 Å². The van der Waals surface area contributed by atoms with Gasteiger partial charge in [0.15, 0.2) is 0 Å². The molecular formula is C16H25ClN2O. The van der Waals surface area contributed by atoms with Crippen molar-refractivity contribution in [3.05, 3.63) is 35.9 Å². The molecule has 1 aliphatic heterocycles. The quantitative estimate of drug-likeness (QED) is 0.931. The third-order valence-corrected chi connectivity index (χ3v) is 4.09. The topological polar surface area (TPSA) is 46.3 Å². The Hall–Kier alpha value is -1.06. The third kappa shape index (κ3) is 4.50. The predicted molar refractivity (Wildman–Crippen MR) is 84.8 cm³/mol. The highest BCUT2D eigenvalue weighted by Crippen LogP contribution is 2.30. The van der Waals surface area contributed by atoms with Gasteiger partial charge in [-0.3, -0.25) is 4.79 Å². The highest BCUT2D eigenvalue weighted by atomic mass is 35.5. The Balaban J connectivity index is 0.00000200. The standard InChI is InChI=1S/C16H24N2O.ClH/c1-16(2)8-10-18(11-9-16)15(19)12-14(17)13-6-4-3-5-7-13;/h3-7,14H,8-12,17H2,1-2H3;1H. The van der Waals surface area contributed by atoms with E-state index in [1.165, 1.54) is 0 Å². The van der Waals surface area contributed by atoms with E-state index in [1.54, 1.807) is 0 Å². The Kier molecular flexibility index (Phi) is 6.03. The van der Waals surface area contributed by atoms with Gasteiger partial charge in [-0.15, -0.1) is 12.4 Å². The summed E-state index contributed by atoms with van der Waals surface area (Å²) >= 11 is 0. The molecule has 1 aliphatic rings. The third-order valence-electron chi connectivity index (χ3n) is 4.09. The van der Waals surface area contributed by atoms with Crippen molar-refractivity contribution in [3.63, 3.8) is 0 Å². The summed E-state index contributed by atoms with van der Waals surface area (Å²) in [6.45, 7) is 6.27. The van der Waals surface area contributed by atoms with Gasteiger partial charge in [-0.2, -0.15) is 0 Å². The minimum Gasteiger partial charge on any atom is -0.343 e. The number of nitrogens with two attached hydrogens (primary N) is 1. The van der Waals surface area contributed by atoms with E-state index in [-0.39, 0.29) is 24.4 Å². The zero-order valence-corrected chi connectivity index (χ0v) is 13.2. The van der Waals surface area contributed by atoms with Crippen LogP contribution in [0.1, 0.15) is 44.7 Å². The summed E-state index contributed by atoms with van der Waals surface area (Å²) in [5, 5.41) is 0. The molecule has 0 aromatic heterocycles. The number of piperidine rings is 1. The number of carbonyl (C=O) groups excluding carboxylic acids is 1. The molecule has 0 spiro atoms. The molecule has 1 saturated heterocycles. The maximum atomic E-state index is 12.2. The summed E-state index contributed by atoms with van der Waals surface area (Å²) in [5.41, 5.74) is 7.52.